The Labute approximate surface area is 116 Å². The molecule has 6 nitrogen and oxygen atoms in total. The topological polar surface area (TPSA) is 71.4 Å². The van der Waals surface area contributed by atoms with E-state index in [1.165, 1.54) is 5.06 Å². The Morgan fingerprint density at radius 2 is 1.63 bits per heavy atom. The fourth-order valence-corrected chi connectivity index (χ4v) is 1.37. The van der Waals surface area contributed by atoms with Crippen LogP contribution in [0.3, 0.4) is 0 Å². The summed E-state index contributed by atoms with van der Waals surface area (Å²) in [5.74, 6) is 0. The molecule has 0 aliphatic heterocycles. The first-order chi connectivity index (χ1) is 8.77. The molecule has 0 rings (SSSR count). The van der Waals surface area contributed by atoms with Crippen molar-refractivity contribution in [3.8, 4) is 0 Å². The van der Waals surface area contributed by atoms with E-state index in [2.05, 4.69) is 0 Å². The van der Waals surface area contributed by atoms with Crippen molar-refractivity contribution >= 4 is 0 Å². The molecule has 0 aliphatic rings. The van der Waals surface area contributed by atoms with E-state index in [1.807, 2.05) is 27.7 Å². The summed E-state index contributed by atoms with van der Waals surface area (Å²) in [7, 11) is 1.60. The molecule has 4 atom stereocenters. The molecular weight excluding hydrogens is 250 g/mol. The van der Waals surface area contributed by atoms with E-state index in [0.29, 0.717) is 0 Å². The monoisotopic (exact) mass is 279 g/mol. The van der Waals surface area contributed by atoms with E-state index in [4.69, 9.17) is 14.3 Å². The van der Waals surface area contributed by atoms with Crippen LogP contribution >= 0.6 is 0 Å². The minimum Gasteiger partial charge on any atom is -0.393 e. The Bertz CT molecular complexity index is 225. The van der Waals surface area contributed by atoms with Gasteiger partial charge in [-0.25, -0.2) is 0 Å². The molecule has 0 aromatic heterocycles. The van der Waals surface area contributed by atoms with Crippen molar-refractivity contribution in [1.29, 1.82) is 0 Å². The zero-order valence-corrected chi connectivity index (χ0v) is 12.9. The second-order valence-corrected chi connectivity index (χ2v) is 5.02. The summed E-state index contributed by atoms with van der Waals surface area (Å²) in [6.45, 7) is 9.45. The van der Waals surface area contributed by atoms with Gasteiger partial charge in [0.2, 0.25) is 0 Å². The van der Waals surface area contributed by atoms with Crippen molar-refractivity contribution in [2.24, 2.45) is 0 Å². The van der Waals surface area contributed by atoms with Crippen LogP contribution in [-0.2, 0) is 14.3 Å². The number of hydroxylamine groups is 2. The molecule has 4 unspecified atom stereocenters. The Morgan fingerprint density at radius 3 is 2.05 bits per heavy atom. The Kier molecular flexibility index (Phi) is 9.51. The van der Waals surface area contributed by atoms with Crippen LogP contribution in [0.15, 0.2) is 0 Å². The third-order valence-electron chi connectivity index (χ3n) is 2.74. The van der Waals surface area contributed by atoms with Crippen LogP contribution in [0.5, 0.6) is 0 Å². The molecule has 0 aromatic rings. The van der Waals surface area contributed by atoms with Gasteiger partial charge in [-0.05, 0) is 34.6 Å². The molecule has 0 radical (unpaired) electrons. The fraction of sp³-hybridized carbons (Fsp3) is 1.00. The Hall–Kier alpha value is -0.240. The molecule has 19 heavy (non-hydrogen) atoms. The molecule has 0 spiro atoms. The van der Waals surface area contributed by atoms with Gasteiger partial charge in [0.25, 0.3) is 0 Å². The fourth-order valence-electron chi connectivity index (χ4n) is 1.37. The molecule has 0 saturated carbocycles. The summed E-state index contributed by atoms with van der Waals surface area (Å²) in [5, 5.41) is 19.8. The quantitative estimate of drug-likeness (QED) is 0.454. The molecule has 0 saturated heterocycles. The predicted octanol–water partition coefficient (Wildman–Crippen LogP) is 0.768. The van der Waals surface area contributed by atoms with Crippen LogP contribution in [0.2, 0.25) is 0 Å². The predicted molar refractivity (Wildman–Crippen MR) is 72.5 cm³/mol. The lowest BCUT2D eigenvalue weighted by atomic mass is 10.2. The second-order valence-electron chi connectivity index (χ2n) is 5.02. The minimum atomic E-state index is -0.741. The van der Waals surface area contributed by atoms with Gasteiger partial charge in [-0.15, -0.1) is 0 Å². The first-order valence-electron chi connectivity index (χ1n) is 6.73. The van der Waals surface area contributed by atoms with E-state index in [0.717, 1.165) is 0 Å². The zero-order chi connectivity index (χ0) is 15.0. The van der Waals surface area contributed by atoms with Crippen molar-refractivity contribution in [3.63, 3.8) is 0 Å². The van der Waals surface area contributed by atoms with E-state index in [9.17, 15) is 10.2 Å². The summed E-state index contributed by atoms with van der Waals surface area (Å²) in [4.78, 5) is 5.34. The minimum absolute atomic E-state index is 0.0335. The Balaban J connectivity index is 4.05. The zero-order valence-electron chi connectivity index (χ0n) is 12.9. The smallest absolute Gasteiger partial charge is 0.126 e. The molecule has 0 heterocycles. The van der Waals surface area contributed by atoms with Crippen molar-refractivity contribution in [2.45, 2.75) is 65.3 Å². The van der Waals surface area contributed by atoms with Gasteiger partial charge in [-0.2, -0.15) is 5.06 Å². The largest absolute Gasteiger partial charge is 0.393 e. The maximum absolute atomic E-state index is 9.29. The molecule has 2 N–H and O–H groups in total. The van der Waals surface area contributed by atoms with Crippen LogP contribution in [-0.4, -0.2) is 66.2 Å². The highest BCUT2D eigenvalue weighted by molar-refractivity contribution is 4.63. The molecule has 0 aliphatic carbocycles. The van der Waals surface area contributed by atoms with Gasteiger partial charge in [-0.3, -0.25) is 4.84 Å². The molecule has 0 fully saturated rings. The Morgan fingerprint density at radius 1 is 1.05 bits per heavy atom. The van der Waals surface area contributed by atoms with Crippen molar-refractivity contribution in [2.75, 3.05) is 20.3 Å². The summed E-state index contributed by atoms with van der Waals surface area (Å²) in [6.07, 6.45) is -1.24. The van der Waals surface area contributed by atoms with Gasteiger partial charge < -0.3 is 19.7 Å². The van der Waals surface area contributed by atoms with E-state index < -0.39 is 12.3 Å². The van der Waals surface area contributed by atoms with E-state index in [1.54, 1.807) is 14.0 Å². The van der Waals surface area contributed by atoms with Gasteiger partial charge in [-0.1, -0.05) is 0 Å². The van der Waals surface area contributed by atoms with Gasteiger partial charge in [0, 0.05) is 7.05 Å². The van der Waals surface area contributed by atoms with Crippen molar-refractivity contribution in [3.05, 3.63) is 0 Å². The lowest BCUT2D eigenvalue weighted by molar-refractivity contribution is -0.263. The summed E-state index contributed by atoms with van der Waals surface area (Å²) >= 11 is 0. The normalized spacial score (nSPS) is 18.6. The first kappa shape index (κ1) is 18.8. The number of rotatable bonds is 10. The highest BCUT2D eigenvalue weighted by Crippen LogP contribution is 2.08. The van der Waals surface area contributed by atoms with E-state index in [-0.39, 0.29) is 31.5 Å². The highest BCUT2D eigenvalue weighted by Gasteiger charge is 2.19. The van der Waals surface area contributed by atoms with Gasteiger partial charge in [0.15, 0.2) is 0 Å². The van der Waals surface area contributed by atoms with Crippen molar-refractivity contribution in [1.82, 2.24) is 5.06 Å². The number of nitrogens with zero attached hydrogens (tertiary/aromatic N) is 1. The second kappa shape index (κ2) is 9.63. The lowest BCUT2D eigenvalue weighted by Crippen LogP contribution is -2.39. The first-order valence-corrected chi connectivity index (χ1v) is 6.73. The number of hydrogen-bond acceptors (Lipinski definition) is 6. The summed E-state index contributed by atoms with van der Waals surface area (Å²) in [5.41, 5.74) is 0. The highest BCUT2D eigenvalue weighted by atomic mass is 16.7. The molecule has 116 valence electrons. The number of aliphatic hydroxyl groups is 2. The van der Waals surface area contributed by atoms with E-state index >= 15 is 0 Å². The van der Waals surface area contributed by atoms with Gasteiger partial charge in [0.1, 0.15) is 12.3 Å². The summed E-state index contributed by atoms with van der Waals surface area (Å²) in [6, 6.07) is 0. The molecule has 0 amide bonds. The SMILES string of the molecule is CC(C)OC(C)C(C)OCC(CO)ON(C)C(C)O. The van der Waals surface area contributed by atoms with Gasteiger partial charge >= 0.3 is 0 Å². The maximum Gasteiger partial charge on any atom is 0.126 e. The average Bonchev–Trinajstić information content (AvgIpc) is 2.32. The number of hydrogen-bond donors (Lipinski definition) is 2. The molecular formula is C13H29NO5. The van der Waals surface area contributed by atoms with Gasteiger partial charge in [0.05, 0.1) is 31.5 Å². The van der Waals surface area contributed by atoms with Crippen LogP contribution in [0.4, 0.5) is 0 Å². The lowest BCUT2D eigenvalue weighted by Gasteiger charge is -2.27. The molecule has 6 heteroatoms. The average molecular weight is 279 g/mol. The standard InChI is InChI=1S/C13H29NO5/c1-9(2)18-11(4)10(3)17-8-13(7-15)19-14(6)12(5)16/h9-13,15-16H,7-8H2,1-6H3. The van der Waals surface area contributed by atoms with Crippen LogP contribution in [0.1, 0.15) is 34.6 Å². The van der Waals surface area contributed by atoms with Crippen molar-refractivity contribution < 1.29 is 24.5 Å². The van der Waals surface area contributed by atoms with Crippen LogP contribution < -0.4 is 0 Å². The maximum atomic E-state index is 9.29. The van der Waals surface area contributed by atoms with Crippen LogP contribution in [0.25, 0.3) is 0 Å². The number of ether oxygens (including phenoxy) is 2. The van der Waals surface area contributed by atoms with Crippen LogP contribution in [0, 0.1) is 0 Å². The third-order valence-corrected chi connectivity index (χ3v) is 2.74. The third kappa shape index (κ3) is 8.52. The number of aliphatic hydroxyl groups excluding tert-OH is 2. The molecule has 0 aromatic carbocycles. The molecule has 0 bridgehead atoms. The summed E-state index contributed by atoms with van der Waals surface area (Å²) < 4.78 is 11.2.